The minimum atomic E-state index is -0.109. The van der Waals surface area contributed by atoms with Gasteiger partial charge in [0, 0.05) is 5.39 Å². The zero-order valence-electron chi connectivity index (χ0n) is 12.5. The third-order valence-corrected chi connectivity index (χ3v) is 4.23. The second-order valence-electron chi connectivity index (χ2n) is 4.73. The predicted octanol–water partition coefficient (Wildman–Crippen LogP) is 3.37. The fourth-order valence-electron chi connectivity index (χ4n) is 2.16. The van der Waals surface area contributed by atoms with E-state index in [2.05, 4.69) is 15.3 Å². The van der Waals surface area contributed by atoms with Gasteiger partial charge in [0.15, 0.2) is 0 Å². The first-order chi connectivity index (χ1) is 11.3. The van der Waals surface area contributed by atoms with E-state index in [9.17, 15) is 4.79 Å². The lowest BCUT2D eigenvalue weighted by molar-refractivity contribution is -0.113. The van der Waals surface area contributed by atoms with Gasteiger partial charge in [-0.15, -0.1) is 0 Å². The van der Waals surface area contributed by atoms with Crippen molar-refractivity contribution < 1.29 is 9.53 Å². The quantitative estimate of drug-likeness (QED) is 0.575. The molecule has 0 fully saturated rings. The van der Waals surface area contributed by atoms with Gasteiger partial charge in [0.25, 0.3) is 0 Å². The molecule has 6 heteroatoms. The first-order valence-electron chi connectivity index (χ1n) is 7.03. The summed E-state index contributed by atoms with van der Waals surface area (Å²) in [5, 5.41) is 4.60. The number of fused-ring (bicyclic) bond motifs is 1. The van der Waals surface area contributed by atoms with E-state index >= 15 is 0 Å². The summed E-state index contributed by atoms with van der Waals surface area (Å²) in [5.41, 5.74) is 1.53. The van der Waals surface area contributed by atoms with Crippen LogP contribution in [0.2, 0.25) is 0 Å². The molecule has 0 bridgehead atoms. The van der Waals surface area contributed by atoms with Gasteiger partial charge in [-0.3, -0.25) is 4.79 Å². The summed E-state index contributed by atoms with van der Waals surface area (Å²) in [5.74, 6) is 0.791. The number of amides is 1. The van der Waals surface area contributed by atoms with Crippen LogP contribution in [0.4, 0.5) is 5.69 Å². The number of nitrogens with zero attached hydrogens (tertiary/aromatic N) is 2. The molecular formula is C17H15N3O2S. The number of rotatable bonds is 5. The number of nitrogens with one attached hydrogen (secondary N) is 1. The van der Waals surface area contributed by atoms with Gasteiger partial charge in [0.2, 0.25) is 5.91 Å². The van der Waals surface area contributed by atoms with Gasteiger partial charge in [-0.1, -0.05) is 42.1 Å². The van der Waals surface area contributed by atoms with Crippen LogP contribution in [0.25, 0.3) is 10.9 Å². The van der Waals surface area contributed by atoms with Crippen LogP contribution in [0.15, 0.2) is 59.9 Å². The number of benzene rings is 2. The Balaban J connectivity index is 1.69. The fourth-order valence-corrected chi connectivity index (χ4v) is 2.95. The van der Waals surface area contributed by atoms with Crippen molar-refractivity contribution in [1.29, 1.82) is 0 Å². The van der Waals surface area contributed by atoms with Gasteiger partial charge in [-0.2, -0.15) is 0 Å². The Morgan fingerprint density at radius 1 is 1.13 bits per heavy atom. The average Bonchev–Trinajstić information content (AvgIpc) is 2.60. The van der Waals surface area contributed by atoms with Gasteiger partial charge in [-0.25, -0.2) is 9.97 Å². The zero-order chi connectivity index (χ0) is 16.1. The third kappa shape index (κ3) is 3.60. The Bertz CT molecular complexity index is 833. The maximum atomic E-state index is 12.2. The number of para-hydroxylation sites is 3. The zero-order valence-corrected chi connectivity index (χ0v) is 13.3. The van der Waals surface area contributed by atoms with Crippen LogP contribution in [0.1, 0.15) is 0 Å². The van der Waals surface area contributed by atoms with Crippen LogP contribution in [0.3, 0.4) is 0 Å². The summed E-state index contributed by atoms with van der Waals surface area (Å²) in [4.78, 5) is 20.6. The minimum Gasteiger partial charge on any atom is -0.495 e. The van der Waals surface area contributed by atoms with Crippen molar-refractivity contribution in [2.24, 2.45) is 0 Å². The van der Waals surface area contributed by atoms with Crippen molar-refractivity contribution in [3.05, 3.63) is 54.9 Å². The molecule has 0 radical (unpaired) electrons. The second-order valence-corrected chi connectivity index (χ2v) is 5.70. The molecule has 1 aromatic heterocycles. The highest BCUT2D eigenvalue weighted by atomic mass is 32.2. The molecule has 0 atom stereocenters. The highest BCUT2D eigenvalue weighted by Gasteiger charge is 2.10. The van der Waals surface area contributed by atoms with Crippen LogP contribution < -0.4 is 10.1 Å². The van der Waals surface area contributed by atoms with E-state index in [1.807, 2.05) is 42.5 Å². The van der Waals surface area contributed by atoms with Crippen molar-refractivity contribution in [3.63, 3.8) is 0 Å². The van der Waals surface area contributed by atoms with E-state index in [-0.39, 0.29) is 11.7 Å². The van der Waals surface area contributed by atoms with Gasteiger partial charge < -0.3 is 10.1 Å². The summed E-state index contributed by atoms with van der Waals surface area (Å²) in [6.45, 7) is 0. The smallest absolute Gasteiger partial charge is 0.234 e. The van der Waals surface area contributed by atoms with Crippen LogP contribution in [-0.2, 0) is 4.79 Å². The molecular weight excluding hydrogens is 310 g/mol. The fraction of sp³-hybridized carbons (Fsp3) is 0.118. The van der Waals surface area contributed by atoms with Gasteiger partial charge in [0.1, 0.15) is 17.1 Å². The number of methoxy groups -OCH3 is 1. The number of carbonyl (C=O) groups is 1. The largest absolute Gasteiger partial charge is 0.495 e. The van der Waals surface area contributed by atoms with E-state index < -0.39 is 0 Å². The van der Waals surface area contributed by atoms with Gasteiger partial charge in [0.05, 0.1) is 24.1 Å². The van der Waals surface area contributed by atoms with Crippen molar-refractivity contribution in [2.75, 3.05) is 18.2 Å². The lowest BCUT2D eigenvalue weighted by Gasteiger charge is -2.09. The van der Waals surface area contributed by atoms with Crippen LogP contribution in [0.5, 0.6) is 5.75 Å². The molecule has 0 unspecified atom stereocenters. The lowest BCUT2D eigenvalue weighted by Crippen LogP contribution is -2.14. The van der Waals surface area contributed by atoms with E-state index in [0.29, 0.717) is 11.4 Å². The molecule has 0 saturated heterocycles. The summed E-state index contributed by atoms with van der Waals surface area (Å²) in [6, 6.07) is 15.1. The van der Waals surface area contributed by atoms with Crippen LogP contribution >= 0.6 is 11.8 Å². The highest BCUT2D eigenvalue weighted by molar-refractivity contribution is 8.00. The molecule has 23 heavy (non-hydrogen) atoms. The SMILES string of the molecule is COc1ccccc1NC(=O)CSc1ncnc2ccccc12. The first-order valence-corrected chi connectivity index (χ1v) is 8.02. The Morgan fingerprint density at radius 3 is 2.78 bits per heavy atom. The molecule has 0 saturated carbocycles. The van der Waals surface area contributed by atoms with Crippen molar-refractivity contribution in [2.45, 2.75) is 5.03 Å². The summed E-state index contributed by atoms with van der Waals surface area (Å²) >= 11 is 1.39. The molecule has 3 rings (SSSR count). The van der Waals surface area contributed by atoms with E-state index in [1.165, 1.54) is 18.1 Å². The molecule has 0 aliphatic heterocycles. The van der Waals surface area contributed by atoms with Gasteiger partial charge >= 0.3 is 0 Å². The standard InChI is InChI=1S/C17H15N3O2S/c1-22-15-9-5-4-8-14(15)20-16(21)10-23-17-12-6-2-3-7-13(12)18-11-19-17/h2-9,11H,10H2,1H3,(H,20,21). The van der Waals surface area contributed by atoms with Crippen molar-refractivity contribution in [3.8, 4) is 5.75 Å². The van der Waals surface area contributed by atoms with E-state index in [0.717, 1.165) is 15.9 Å². The molecule has 116 valence electrons. The van der Waals surface area contributed by atoms with Crippen LogP contribution in [-0.4, -0.2) is 28.7 Å². The summed E-state index contributed by atoms with van der Waals surface area (Å²) < 4.78 is 5.22. The molecule has 5 nitrogen and oxygen atoms in total. The number of aromatic nitrogens is 2. The number of ether oxygens (including phenoxy) is 1. The Kier molecular flexibility index (Phi) is 4.73. The molecule has 0 spiro atoms. The molecule has 3 aromatic rings. The number of carbonyl (C=O) groups excluding carboxylic acids is 1. The van der Waals surface area contributed by atoms with E-state index in [4.69, 9.17) is 4.74 Å². The summed E-state index contributed by atoms with van der Waals surface area (Å²) in [6.07, 6.45) is 1.52. The molecule has 1 amide bonds. The number of hydrogen-bond donors (Lipinski definition) is 1. The molecule has 2 aromatic carbocycles. The molecule has 1 heterocycles. The second kappa shape index (κ2) is 7.11. The molecule has 0 aliphatic carbocycles. The number of anilines is 1. The summed E-state index contributed by atoms with van der Waals surface area (Å²) in [7, 11) is 1.58. The normalized spacial score (nSPS) is 10.5. The predicted molar refractivity (Wildman–Crippen MR) is 91.9 cm³/mol. The third-order valence-electron chi connectivity index (χ3n) is 3.23. The lowest BCUT2D eigenvalue weighted by atomic mass is 10.2. The Hall–Kier alpha value is -2.60. The number of hydrogen-bond acceptors (Lipinski definition) is 5. The van der Waals surface area contributed by atoms with E-state index in [1.54, 1.807) is 13.2 Å². The van der Waals surface area contributed by atoms with Gasteiger partial charge in [-0.05, 0) is 18.2 Å². The monoisotopic (exact) mass is 325 g/mol. The van der Waals surface area contributed by atoms with Crippen molar-refractivity contribution in [1.82, 2.24) is 9.97 Å². The average molecular weight is 325 g/mol. The number of thioether (sulfide) groups is 1. The highest BCUT2D eigenvalue weighted by Crippen LogP contribution is 2.26. The maximum absolute atomic E-state index is 12.2. The van der Waals surface area contributed by atoms with Crippen LogP contribution in [0, 0.1) is 0 Å². The first kappa shape index (κ1) is 15.3. The van der Waals surface area contributed by atoms with Crippen molar-refractivity contribution >= 4 is 34.3 Å². The maximum Gasteiger partial charge on any atom is 0.234 e. The Labute approximate surface area is 138 Å². The topological polar surface area (TPSA) is 64.1 Å². The molecule has 1 N–H and O–H groups in total. The minimum absolute atomic E-state index is 0.109. The Morgan fingerprint density at radius 2 is 1.91 bits per heavy atom. The molecule has 0 aliphatic rings.